The van der Waals surface area contributed by atoms with Crippen LogP contribution in [0.5, 0.6) is 0 Å². The highest BCUT2D eigenvalue weighted by atomic mass is 79.9. The van der Waals surface area contributed by atoms with Gasteiger partial charge in [0.05, 0.1) is 3.79 Å². The Labute approximate surface area is 139 Å². The van der Waals surface area contributed by atoms with Crippen LogP contribution in [0, 0.1) is 0 Å². The molecule has 1 atom stereocenters. The minimum atomic E-state index is -3.44. The molecule has 8 heteroatoms. The van der Waals surface area contributed by atoms with Crippen molar-refractivity contribution in [3.05, 3.63) is 14.7 Å². The third kappa shape index (κ3) is 3.86. The SMILES string of the molecule is CNCc1cc(S(=O)(=O)N2CCCN(C)CC2C)c(Br)s1. The molecule has 1 saturated heterocycles. The van der Waals surface area contributed by atoms with E-state index in [-0.39, 0.29) is 6.04 Å². The molecule has 0 amide bonds. The Morgan fingerprint density at radius 3 is 2.86 bits per heavy atom. The number of halogens is 1. The molecule has 0 aromatic carbocycles. The van der Waals surface area contributed by atoms with E-state index in [2.05, 4.69) is 26.1 Å². The molecule has 1 aliphatic rings. The number of hydrogen-bond acceptors (Lipinski definition) is 5. The molecule has 2 rings (SSSR count). The number of hydrogen-bond donors (Lipinski definition) is 1. The van der Waals surface area contributed by atoms with Gasteiger partial charge in [0.25, 0.3) is 0 Å². The lowest BCUT2D eigenvalue weighted by molar-refractivity contribution is 0.290. The Hall–Kier alpha value is 0.01000. The Bertz CT molecular complexity index is 588. The van der Waals surface area contributed by atoms with Gasteiger partial charge in [0.2, 0.25) is 10.0 Å². The van der Waals surface area contributed by atoms with Crippen molar-refractivity contribution in [1.82, 2.24) is 14.5 Å². The first-order chi connectivity index (χ1) is 9.86. The molecular formula is C13H22BrN3O2S2. The van der Waals surface area contributed by atoms with Gasteiger partial charge in [-0.05, 0) is 56.0 Å². The summed E-state index contributed by atoms with van der Waals surface area (Å²) in [5.74, 6) is 0. The molecule has 120 valence electrons. The van der Waals surface area contributed by atoms with Crippen molar-refractivity contribution < 1.29 is 8.42 Å². The second-order valence-electron chi connectivity index (χ2n) is 5.46. The first-order valence-corrected chi connectivity index (χ1v) is 10.0. The van der Waals surface area contributed by atoms with E-state index in [1.807, 2.05) is 21.0 Å². The van der Waals surface area contributed by atoms with Crippen molar-refractivity contribution in [2.45, 2.75) is 30.8 Å². The summed E-state index contributed by atoms with van der Waals surface area (Å²) in [6, 6.07) is 1.77. The summed E-state index contributed by atoms with van der Waals surface area (Å²) < 4.78 is 28.3. The fraction of sp³-hybridized carbons (Fsp3) is 0.692. The molecule has 0 bridgehead atoms. The predicted molar refractivity (Wildman–Crippen MR) is 90.3 cm³/mol. The fourth-order valence-electron chi connectivity index (χ4n) is 2.67. The van der Waals surface area contributed by atoms with Gasteiger partial charge in [-0.3, -0.25) is 0 Å². The number of likely N-dealkylation sites (N-methyl/N-ethyl adjacent to an activating group) is 1. The standard InChI is InChI=1S/C13H22BrN3O2S2/c1-10-9-16(3)5-4-6-17(10)21(18,19)12-7-11(8-15-2)20-13(12)14/h7,10,15H,4-6,8-9H2,1-3H3. The molecule has 1 aliphatic heterocycles. The average Bonchev–Trinajstić information content (AvgIpc) is 2.66. The minimum absolute atomic E-state index is 0.0120. The summed E-state index contributed by atoms with van der Waals surface area (Å²) in [5.41, 5.74) is 0. The third-order valence-electron chi connectivity index (χ3n) is 3.63. The van der Waals surface area contributed by atoms with Crippen molar-refractivity contribution in [2.75, 3.05) is 33.7 Å². The second-order valence-corrected chi connectivity index (χ2v) is 9.78. The monoisotopic (exact) mass is 395 g/mol. The molecule has 0 spiro atoms. The van der Waals surface area contributed by atoms with Gasteiger partial charge in [-0.15, -0.1) is 11.3 Å². The summed E-state index contributed by atoms with van der Waals surface area (Å²) >= 11 is 4.89. The summed E-state index contributed by atoms with van der Waals surface area (Å²) in [6.45, 7) is 4.94. The molecule has 2 heterocycles. The van der Waals surface area contributed by atoms with Gasteiger partial charge in [-0.1, -0.05) is 0 Å². The van der Waals surface area contributed by atoms with Gasteiger partial charge in [-0.25, -0.2) is 8.42 Å². The largest absolute Gasteiger partial charge is 0.315 e. The van der Waals surface area contributed by atoms with E-state index >= 15 is 0 Å². The maximum absolute atomic E-state index is 13.0. The number of nitrogens with one attached hydrogen (secondary N) is 1. The van der Waals surface area contributed by atoms with Crippen molar-refractivity contribution in [3.8, 4) is 0 Å². The Morgan fingerprint density at radius 1 is 1.48 bits per heavy atom. The molecule has 1 aromatic heterocycles. The molecular weight excluding hydrogens is 374 g/mol. The van der Waals surface area contributed by atoms with Gasteiger partial charge < -0.3 is 10.2 Å². The Morgan fingerprint density at radius 2 is 2.19 bits per heavy atom. The molecule has 0 saturated carbocycles. The van der Waals surface area contributed by atoms with Crippen LogP contribution in [-0.4, -0.2) is 57.4 Å². The summed E-state index contributed by atoms with van der Waals surface area (Å²) in [6.07, 6.45) is 0.866. The van der Waals surface area contributed by atoms with Crippen molar-refractivity contribution in [2.24, 2.45) is 0 Å². The van der Waals surface area contributed by atoms with E-state index in [0.29, 0.717) is 21.8 Å². The fourth-order valence-corrected chi connectivity index (χ4v) is 6.98. The van der Waals surface area contributed by atoms with Crippen LogP contribution in [0.15, 0.2) is 14.7 Å². The van der Waals surface area contributed by atoms with E-state index in [9.17, 15) is 8.42 Å². The van der Waals surface area contributed by atoms with Crippen molar-refractivity contribution in [1.29, 1.82) is 0 Å². The number of thiophene rings is 1. The topological polar surface area (TPSA) is 52.7 Å². The molecule has 1 fully saturated rings. The van der Waals surface area contributed by atoms with Crippen molar-refractivity contribution >= 4 is 37.3 Å². The lowest BCUT2D eigenvalue weighted by atomic mass is 10.3. The maximum atomic E-state index is 13.0. The lowest BCUT2D eigenvalue weighted by Crippen LogP contribution is -2.41. The molecule has 0 aliphatic carbocycles. The molecule has 1 unspecified atom stereocenters. The first-order valence-electron chi connectivity index (χ1n) is 6.99. The van der Waals surface area contributed by atoms with Gasteiger partial charge in [0.15, 0.2) is 0 Å². The Kier molecular flexibility index (Phi) is 5.84. The van der Waals surface area contributed by atoms with Crippen LogP contribution < -0.4 is 5.32 Å². The summed E-state index contributed by atoms with van der Waals surface area (Å²) in [7, 11) is 0.452. The lowest BCUT2D eigenvalue weighted by Gasteiger charge is -2.26. The third-order valence-corrected chi connectivity index (χ3v) is 7.90. The maximum Gasteiger partial charge on any atom is 0.245 e. The van der Waals surface area contributed by atoms with Gasteiger partial charge in [-0.2, -0.15) is 4.31 Å². The van der Waals surface area contributed by atoms with E-state index in [1.165, 1.54) is 11.3 Å². The van der Waals surface area contributed by atoms with Gasteiger partial charge >= 0.3 is 0 Å². The zero-order chi connectivity index (χ0) is 15.6. The average molecular weight is 396 g/mol. The molecule has 0 radical (unpaired) electrons. The van der Waals surface area contributed by atoms with E-state index < -0.39 is 10.0 Å². The number of sulfonamides is 1. The van der Waals surface area contributed by atoms with E-state index in [0.717, 1.165) is 24.4 Å². The van der Waals surface area contributed by atoms with Crippen LogP contribution in [0.1, 0.15) is 18.2 Å². The first kappa shape index (κ1) is 17.4. The highest BCUT2D eigenvalue weighted by molar-refractivity contribution is 9.11. The molecule has 1 N–H and O–H groups in total. The summed E-state index contributed by atoms with van der Waals surface area (Å²) in [5, 5.41) is 3.05. The minimum Gasteiger partial charge on any atom is -0.315 e. The van der Waals surface area contributed by atoms with Gasteiger partial charge in [0.1, 0.15) is 4.90 Å². The highest BCUT2D eigenvalue weighted by Gasteiger charge is 2.33. The number of rotatable bonds is 4. The van der Waals surface area contributed by atoms with Crippen LogP contribution in [-0.2, 0) is 16.6 Å². The van der Waals surface area contributed by atoms with Crippen molar-refractivity contribution in [3.63, 3.8) is 0 Å². The molecule has 1 aromatic rings. The number of nitrogens with zero attached hydrogens (tertiary/aromatic N) is 2. The van der Waals surface area contributed by atoms with Crippen LogP contribution in [0.2, 0.25) is 0 Å². The molecule has 21 heavy (non-hydrogen) atoms. The quantitative estimate of drug-likeness (QED) is 0.846. The van der Waals surface area contributed by atoms with Crippen LogP contribution >= 0.6 is 27.3 Å². The predicted octanol–water partition coefficient (Wildman–Crippen LogP) is 1.94. The van der Waals surface area contributed by atoms with E-state index in [4.69, 9.17) is 0 Å². The highest BCUT2D eigenvalue weighted by Crippen LogP contribution is 2.34. The van der Waals surface area contributed by atoms with Crippen LogP contribution in [0.4, 0.5) is 0 Å². The zero-order valence-electron chi connectivity index (χ0n) is 12.6. The normalized spacial score (nSPS) is 22.4. The van der Waals surface area contributed by atoms with E-state index in [1.54, 1.807) is 10.4 Å². The second kappa shape index (κ2) is 7.06. The smallest absolute Gasteiger partial charge is 0.245 e. The molecule has 5 nitrogen and oxygen atoms in total. The van der Waals surface area contributed by atoms with Crippen LogP contribution in [0.3, 0.4) is 0 Å². The van der Waals surface area contributed by atoms with Crippen LogP contribution in [0.25, 0.3) is 0 Å². The zero-order valence-corrected chi connectivity index (χ0v) is 15.8. The Balaban J connectivity index is 2.32. The van der Waals surface area contributed by atoms with Gasteiger partial charge in [0, 0.05) is 30.6 Å². The summed E-state index contributed by atoms with van der Waals surface area (Å²) in [4.78, 5) is 3.60.